The van der Waals surface area contributed by atoms with E-state index in [1.807, 2.05) is 30.3 Å². The Hall–Kier alpha value is -3.12. The van der Waals surface area contributed by atoms with Crippen LogP contribution < -0.4 is 5.32 Å². The number of amides is 1. The van der Waals surface area contributed by atoms with Gasteiger partial charge in [-0.05, 0) is 51.4 Å². The zero-order valence-electron chi connectivity index (χ0n) is 18.5. The standard InChI is InChI=1S/C26H30N2O4/c1-18(29)9-8-14-27-26(31)24-23-20(17-28-15-6-3-7-16-28)21(30)12-13-22(23)32-25(24)19-10-4-2-5-11-19/h2,4-5,10-13,30H,3,6-9,14-17H2,1H3,(H,27,31). The monoisotopic (exact) mass is 434 g/mol. The van der Waals surface area contributed by atoms with Gasteiger partial charge in [0.2, 0.25) is 0 Å². The summed E-state index contributed by atoms with van der Waals surface area (Å²) < 4.78 is 6.19. The Morgan fingerprint density at radius 2 is 1.81 bits per heavy atom. The second-order valence-electron chi connectivity index (χ2n) is 8.51. The van der Waals surface area contributed by atoms with E-state index in [0.717, 1.165) is 37.1 Å². The van der Waals surface area contributed by atoms with Crippen molar-refractivity contribution in [2.24, 2.45) is 0 Å². The molecule has 2 heterocycles. The highest BCUT2D eigenvalue weighted by Gasteiger charge is 2.26. The molecule has 1 aliphatic rings. The topological polar surface area (TPSA) is 82.8 Å². The minimum absolute atomic E-state index is 0.103. The average Bonchev–Trinajstić information content (AvgIpc) is 3.20. The number of nitrogens with one attached hydrogen (secondary N) is 1. The SMILES string of the molecule is CC(=O)CCCNC(=O)c1c(-c2ccccc2)oc2ccc(O)c(CN3CCCCC3)c12. The van der Waals surface area contributed by atoms with Crippen LogP contribution in [0.15, 0.2) is 46.9 Å². The summed E-state index contributed by atoms with van der Waals surface area (Å²) in [7, 11) is 0. The van der Waals surface area contributed by atoms with Crippen molar-refractivity contribution in [1.29, 1.82) is 0 Å². The van der Waals surface area contributed by atoms with Gasteiger partial charge in [0, 0.05) is 36.0 Å². The summed E-state index contributed by atoms with van der Waals surface area (Å²) in [6.45, 7) is 4.48. The summed E-state index contributed by atoms with van der Waals surface area (Å²) in [5, 5.41) is 14.4. The van der Waals surface area contributed by atoms with Crippen molar-refractivity contribution in [1.82, 2.24) is 10.2 Å². The lowest BCUT2D eigenvalue weighted by Crippen LogP contribution is -2.29. The van der Waals surface area contributed by atoms with Gasteiger partial charge in [-0.3, -0.25) is 9.69 Å². The third-order valence-electron chi connectivity index (χ3n) is 6.02. The number of benzene rings is 2. The molecular formula is C26H30N2O4. The number of ketones is 1. The maximum atomic E-state index is 13.4. The fourth-order valence-corrected chi connectivity index (χ4v) is 4.39. The first-order valence-corrected chi connectivity index (χ1v) is 11.4. The molecule has 3 aromatic rings. The first-order valence-electron chi connectivity index (χ1n) is 11.4. The number of Topliss-reactive ketones (excluding diaryl/α,β-unsaturated/α-hetero) is 1. The molecule has 6 heteroatoms. The predicted octanol–water partition coefficient (Wildman–Crippen LogP) is 4.89. The summed E-state index contributed by atoms with van der Waals surface area (Å²) in [6, 6.07) is 12.9. The van der Waals surface area contributed by atoms with Gasteiger partial charge in [-0.25, -0.2) is 0 Å². The number of hydrogen-bond donors (Lipinski definition) is 2. The van der Waals surface area contributed by atoms with E-state index >= 15 is 0 Å². The van der Waals surface area contributed by atoms with Crippen LogP contribution >= 0.6 is 0 Å². The molecule has 4 rings (SSSR count). The third kappa shape index (κ3) is 4.86. The van der Waals surface area contributed by atoms with Gasteiger partial charge in [-0.1, -0.05) is 36.8 Å². The van der Waals surface area contributed by atoms with E-state index in [0.29, 0.717) is 48.2 Å². The van der Waals surface area contributed by atoms with Crippen molar-refractivity contribution < 1.29 is 19.1 Å². The fourth-order valence-electron chi connectivity index (χ4n) is 4.39. The summed E-state index contributed by atoms with van der Waals surface area (Å²) in [4.78, 5) is 26.9. The summed E-state index contributed by atoms with van der Waals surface area (Å²) >= 11 is 0. The molecule has 0 radical (unpaired) electrons. The van der Waals surface area contributed by atoms with Crippen LogP contribution in [0.3, 0.4) is 0 Å². The maximum Gasteiger partial charge on any atom is 0.255 e. The molecule has 0 atom stereocenters. The van der Waals surface area contributed by atoms with Gasteiger partial charge in [0.15, 0.2) is 0 Å². The largest absolute Gasteiger partial charge is 0.508 e. The molecule has 0 saturated carbocycles. The first kappa shape index (κ1) is 22.1. The Bertz CT molecular complexity index is 1100. The molecular weight excluding hydrogens is 404 g/mol. The van der Waals surface area contributed by atoms with Crippen molar-refractivity contribution in [2.45, 2.75) is 45.6 Å². The minimum Gasteiger partial charge on any atom is -0.508 e. The number of fused-ring (bicyclic) bond motifs is 1. The predicted molar refractivity (Wildman–Crippen MR) is 125 cm³/mol. The van der Waals surface area contributed by atoms with Crippen LogP contribution in [0.5, 0.6) is 5.75 Å². The Kier molecular flexibility index (Phi) is 6.90. The number of carbonyl (C=O) groups is 2. The van der Waals surface area contributed by atoms with Crippen LogP contribution in [0, 0.1) is 0 Å². The number of rotatable bonds is 8. The molecule has 0 unspecified atom stereocenters. The number of piperidine rings is 1. The summed E-state index contributed by atoms with van der Waals surface area (Å²) in [6.07, 6.45) is 4.52. The number of carbonyl (C=O) groups excluding carboxylic acids is 2. The van der Waals surface area contributed by atoms with Crippen molar-refractivity contribution in [3.63, 3.8) is 0 Å². The van der Waals surface area contributed by atoms with E-state index in [4.69, 9.17) is 4.42 Å². The molecule has 1 aromatic heterocycles. The van der Waals surface area contributed by atoms with Crippen LogP contribution in [0.1, 0.15) is 54.9 Å². The third-order valence-corrected chi connectivity index (χ3v) is 6.02. The molecule has 6 nitrogen and oxygen atoms in total. The quantitative estimate of drug-likeness (QED) is 0.493. The van der Waals surface area contributed by atoms with E-state index in [2.05, 4.69) is 10.2 Å². The van der Waals surface area contributed by atoms with E-state index < -0.39 is 0 Å². The average molecular weight is 435 g/mol. The van der Waals surface area contributed by atoms with Gasteiger partial charge in [0.1, 0.15) is 22.9 Å². The first-order chi connectivity index (χ1) is 15.5. The van der Waals surface area contributed by atoms with Crippen LogP contribution in [-0.4, -0.2) is 41.3 Å². The maximum absolute atomic E-state index is 13.4. The van der Waals surface area contributed by atoms with Crippen molar-refractivity contribution in [2.75, 3.05) is 19.6 Å². The van der Waals surface area contributed by atoms with E-state index in [1.165, 1.54) is 6.42 Å². The van der Waals surface area contributed by atoms with Gasteiger partial charge in [-0.2, -0.15) is 0 Å². The zero-order valence-corrected chi connectivity index (χ0v) is 18.5. The highest BCUT2D eigenvalue weighted by atomic mass is 16.3. The second kappa shape index (κ2) is 10.0. The Morgan fingerprint density at radius 3 is 2.53 bits per heavy atom. The lowest BCUT2D eigenvalue weighted by molar-refractivity contribution is -0.117. The Morgan fingerprint density at radius 1 is 1.06 bits per heavy atom. The zero-order chi connectivity index (χ0) is 22.5. The van der Waals surface area contributed by atoms with Crippen molar-refractivity contribution in [3.05, 3.63) is 53.6 Å². The Labute approximate surface area is 188 Å². The van der Waals surface area contributed by atoms with E-state index in [9.17, 15) is 14.7 Å². The van der Waals surface area contributed by atoms with Crippen molar-refractivity contribution >= 4 is 22.7 Å². The normalized spacial score (nSPS) is 14.5. The number of aromatic hydroxyl groups is 1. The van der Waals surface area contributed by atoms with Crippen LogP contribution in [-0.2, 0) is 11.3 Å². The van der Waals surface area contributed by atoms with Crippen molar-refractivity contribution in [3.8, 4) is 17.1 Å². The molecule has 1 aliphatic heterocycles. The number of phenolic OH excluding ortho intramolecular Hbond substituents is 1. The number of furan rings is 1. The molecule has 1 fully saturated rings. The van der Waals surface area contributed by atoms with Gasteiger partial charge in [0.05, 0.1) is 5.56 Å². The number of hydrogen-bond acceptors (Lipinski definition) is 5. The van der Waals surface area contributed by atoms with Crippen LogP contribution in [0.4, 0.5) is 0 Å². The highest BCUT2D eigenvalue weighted by molar-refractivity contribution is 6.12. The van der Waals surface area contributed by atoms with E-state index in [-0.39, 0.29) is 17.4 Å². The van der Waals surface area contributed by atoms with Crippen LogP contribution in [0.25, 0.3) is 22.3 Å². The molecule has 2 N–H and O–H groups in total. The minimum atomic E-state index is -0.253. The van der Waals surface area contributed by atoms with Crippen LogP contribution in [0.2, 0.25) is 0 Å². The number of nitrogens with zero attached hydrogens (tertiary/aromatic N) is 1. The molecule has 168 valence electrons. The Balaban J connectivity index is 1.77. The fraction of sp³-hybridized carbons (Fsp3) is 0.385. The number of phenols is 1. The number of likely N-dealkylation sites (tertiary alicyclic amines) is 1. The molecule has 0 bridgehead atoms. The lowest BCUT2D eigenvalue weighted by Gasteiger charge is -2.27. The smallest absolute Gasteiger partial charge is 0.255 e. The highest BCUT2D eigenvalue weighted by Crippen LogP contribution is 2.39. The second-order valence-corrected chi connectivity index (χ2v) is 8.51. The molecule has 32 heavy (non-hydrogen) atoms. The van der Waals surface area contributed by atoms with Gasteiger partial charge < -0.3 is 19.6 Å². The summed E-state index contributed by atoms with van der Waals surface area (Å²) in [5.74, 6) is 0.521. The molecule has 1 saturated heterocycles. The van der Waals surface area contributed by atoms with E-state index in [1.54, 1.807) is 19.1 Å². The summed E-state index contributed by atoms with van der Waals surface area (Å²) in [5.41, 5.74) is 2.56. The van der Waals surface area contributed by atoms with Gasteiger partial charge in [0.25, 0.3) is 5.91 Å². The van der Waals surface area contributed by atoms with Gasteiger partial charge >= 0.3 is 0 Å². The van der Waals surface area contributed by atoms with Gasteiger partial charge in [-0.15, -0.1) is 0 Å². The lowest BCUT2D eigenvalue weighted by atomic mass is 9.99. The molecule has 1 amide bonds. The molecule has 0 spiro atoms. The molecule has 2 aromatic carbocycles. The molecule has 0 aliphatic carbocycles.